The highest BCUT2D eigenvalue weighted by molar-refractivity contribution is 5.81. The van der Waals surface area contributed by atoms with E-state index in [1.807, 2.05) is 103 Å². The van der Waals surface area contributed by atoms with Crippen LogP contribution in [0.25, 0.3) is 0 Å². The largest absolute Gasteiger partial charge is 0.466 e. The molecule has 0 aliphatic heterocycles. The van der Waals surface area contributed by atoms with Crippen LogP contribution in [0.5, 0.6) is 0 Å². The van der Waals surface area contributed by atoms with Crippen LogP contribution in [0, 0.1) is 0 Å². The molecule has 0 aliphatic rings. The topological polar surface area (TPSA) is 54.0 Å². The lowest BCUT2D eigenvalue weighted by molar-refractivity contribution is -0.135. The van der Waals surface area contributed by atoms with Gasteiger partial charge >= 0.3 is 5.97 Å². The molecule has 0 amide bonds. The van der Waals surface area contributed by atoms with Crippen LogP contribution in [-0.2, 0) is 43.6 Å². The van der Waals surface area contributed by atoms with E-state index in [9.17, 15) is 4.79 Å². The van der Waals surface area contributed by atoms with Crippen LogP contribution >= 0.6 is 0 Å². The predicted octanol–water partition coefficient (Wildman–Crippen LogP) is 6.21. The molecule has 3 rings (SSSR count). The van der Waals surface area contributed by atoms with Gasteiger partial charge in [0, 0.05) is 6.08 Å². The van der Waals surface area contributed by atoms with E-state index in [0.717, 1.165) is 16.7 Å². The lowest BCUT2D eigenvalue weighted by atomic mass is 10.0. The molecule has 0 saturated heterocycles. The van der Waals surface area contributed by atoms with Gasteiger partial charge in [0.05, 0.1) is 26.9 Å². The second-order valence-corrected chi connectivity index (χ2v) is 8.29. The zero-order valence-corrected chi connectivity index (χ0v) is 21.1. The summed E-state index contributed by atoms with van der Waals surface area (Å²) in [6.45, 7) is 4.86. The molecule has 3 aromatic rings. The first kappa shape index (κ1) is 27.8. The second-order valence-electron chi connectivity index (χ2n) is 8.29. The molecule has 0 radical (unpaired) electrons. The molecule has 5 heteroatoms. The van der Waals surface area contributed by atoms with Crippen LogP contribution in [0.3, 0.4) is 0 Å². The van der Waals surface area contributed by atoms with Gasteiger partial charge in [-0.3, -0.25) is 0 Å². The van der Waals surface area contributed by atoms with Crippen molar-refractivity contribution in [3.8, 4) is 0 Å². The van der Waals surface area contributed by atoms with Gasteiger partial charge in [0.25, 0.3) is 0 Å². The maximum Gasteiger partial charge on any atom is 0.330 e. The Balaban J connectivity index is 1.90. The number of benzene rings is 3. The van der Waals surface area contributed by atoms with Crippen LogP contribution in [-0.4, -0.2) is 31.4 Å². The maximum absolute atomic E-state index is 12.0. The summed E-state index contributed by atoms with van der Waals surface area (Å²) in [6, 6.07) is 29.7. The van der Waals surface area contributed by atoms with E-state index in [0.29, 0.717) is 19.8 Å². The summed E-state index contributed by atoms with van der Waals surface area (Å²) in [4.78, 5) is 12.0. The minimum atomic E-state index is -0.613. The Morgan fingerprint density at radius 2 is 1.14 bits per heavy atom. The Kier molecular flexibility index (Phi) is 12.1. The third kappa shape index (κ3) is 10.0. The summed E-state index contributed by atoms with van der Waals surface area (Å²) in [5.41, 5.74) is 3.05. The standard InChI is InChI=1S/C32H34O5/c1-3-4-20-29(35-23-26-14-8-5-9-15-26)32(37-25-28-18-12-7-13-19-28)30(21-22-31(33)34-2)36-24-27-16-10-6-11-17-27/h3-22,29-30,32H,1,23-25H2,2H3/b20-4+,22-21+/t29-,30-,32+/m1/s1. The zero-order chi connectivity index (χ0) is 26.1. The van der Waals surface area contributed by atoms with Crippen LogP contribution in [0.4, 0.5) is 0 Å². The first-order valence-corrected chi connectivity index (χ1v) is 12.2. The molecule has 37 heavy (non-hydrogen) atoms. The Morgan fingerprint density at radius 1 is 0.703 bits per heavy atom. The summed E-state index contributed by atoms with van der Waals surface area (Å²) >= 11 is 0. The van der Waals surface area contributed by atoms with E-state index in [2.05, 4.69) is 6.58 Å². The Bertz CT molecular complexity index is 1110. The molecule has 3 aromatic carbocycles. The van der Waals surface area contributed by atoms with Gasteiger partial charge in [0.15, 0.2) is 0 Å². The third-order valence-corrected chi connectivity index (χ3v) is 5.56. The molecule has 0 bridgehead atoms. The Labute approximate surface area is 219 Å². The van der Waals surface area contributed by atoms with E-state index >= 15 is 0 Å². The lowest BCUT2D eigenvalue weighted by Crippen LogP contribution is -2.41. The number of esters is 1. The van der Waals surface area contributed by atoms with E-state index in [1.165, 1.54) is 13.2 Å². The molecular weight excluding hydrogens is 464 g/mol. The van der Waals surface area contributed by atoms with Crippen LogP contribution in [0.15, 0.2) is 128 Å². The molecule has 0 aliphatic carbocycles. The van der Waals surface area contributed by atoms with Gasteiger partial charge in [-0.1, -0.05) is 116 Å². The normalized spacial score (nSPS) is 13.9. The Morgan fingerprint density at radius 3 is 1.57 bits per heavy atom. The molecule has 0 spiro atoms. The zero-order valence-electron chi connectivity index (χ0n) is 21.1. The van der Waals surface area contributed by atoms with Crippen LogP contribution < -0.4 is 0 Å². The smallest absolute Gasteiger partial charge is 0.330 e. The number of hydrogen-bond donors (Lipinski definition) is 0. The number of methoxy groups -OCH3 is 1. The fraction of sp³-hybridized carbons (Fsp3) is 0.219. The molecule has 5 nitrogen and oxygen atoms in total. The number of carbonyl (C=O) groups is 1. The van der Waals surface area contributed by atoms with Crippen molar-refractivity contribution >= 4 is 5.97 Å². The van der Waals surface area contributed by atoms with Gasteiger partial charge in [0.1, 0.15) is 18.3 Å². The molecule has 192 valence electrons. The SMILES string of the molecule is C=C/C=C/[C@@H](OCc1ccccc1)[C@H](OCc1ccccc1)[C@@H](/C=C/C(=O)OC)OCc1ccccc1. The lowest BCUT2D eigenvalue weighted by Gasteiger charge is -2.31. The molecule has 0 fully saturated rings. The number of ether oxygens (including phenoxy) is 4. The molecular formula is C32H34O5. The van der Waals surface area contributed by atoms with Crippen LogP contribution in [0.2, 0.25) is 0 Å². The first-order chi connectivity index (χ1) is 18.2. The van der Waals surface area contributed by atoms with E-state index in [4.69, 9.17) is 18.9 Å². The number of rotatable bonds is 15. The molecule has 3 atom stereocenters. The predicted molar refractivity (Wildman–Crippen MR) is 146 cm³/mol. The number of allylic oxidation sites excluding steroid dienone is 2. The monoisotopic (exact) mass is 498 g/mol. The molecule has 0 aromatic heterocycles. The first-order valence-electron chi connectivity index (χ1n) is 12.2. The quantitative estimate of drug-likeness (QED) is 0.142. The van der Waals surface area contributed by atoms with Crippen LogP contribution in [0.1, 0.15) is 16.7 Å². The van der Waals surface area contributed by atoms with Crippen molar-refractivity contribution in [2.45, 2.75) is 38.1 Å². The molecule has 0 unspecified atom stereocenters. The number of carbonyl (C=O) groups excluding carboxylic acids is 1. The van der Waals surface area contributed by atoms with Gasteiger partial charge < -0.3 is 18.9 Å². The molecule has 0 N–H and O–H groups in total. The fourth-order valence-electron chi connectivity index (χ4n) is 3.63. The summed E-state index contributed by atoms with van der Waals surface area (Å²) < 4.78 is 24.0. The highest BCUT2D eigenvalue weighted by Crippen LogP contribution is 2.21. The van der Waals surface area contributed by atoms with Crippen molar-refractivity contribution in [2.75, 3.05) is 7.11 Å². The fourth-order valence-corrected chi connectivity index (χ4v) is 3.63. The summed E-state index contributed by atoms with van der Waals surface area (Å²) in [7, 11) is 1.34. The van der Waals surface area contributed by atoms with Gasteiger partial charge in [0.2, 0.25) is 0 Å². The maximum atomic E-state index is 12.0. The second kappa shape index (κ2) is 16.1. The van der Waals surface area contributed by atoms with Gasteiger partial charge in [-0.15, -0.1) is 0 Å². The van der Waals surface area contributed by atoms with Gasteiger partial charge in [-0.25, -0.2) is 4.79 Å². The van der Waals surface area contributed by atoms with Crippen molar-refractivity contribution in [3.05, 3.63) is 145 Å². The Hall–Kier alpha value is -3.77. The average molecular weight is 499 g/mol. The van der Waals surface area contributed by atoms with Crippen molar-refractivity contribution in [2.24, 2.45) is 0 Å². The summed E-state index contributed by atoms with van der Waals surface area (Å²) in [5, 5.41) is 0. The van der Waals surface area contributed by atoms with Gasteiger partial charge in [-0.2, -0.15) is 0 Å². The van der Waals surface area contributed by atoms with Crippen molar-refractivity contribution in [3.63, 3.8) is 0 Å². The summed E-state index contributed by atoms with van der Waals surface area (Å²) in [6.07, 6.45) is 6.76. The van der Waals surface area contributed by atoms with Crippen molar-refractivity contribution < 1.29 is 23.7 Å². The highest BCUT2D eigenvalue weighted by atomic mass is 16.6. The minimum absolute atomic E-state index is 0.332. The van der Waals surface area contributed by atoms with Crippen molar-refractivity contribution in [1.29, 1.82) is 0 Å². The minimum Gasteiger partial charge on any atom is -0.466 e. The van der Waals surface area contributed by atoms with E-state index in [-0.39, 0.29) is 0 Å². The highest BCUT2D eigenvalue weighted by Gasteiger charge is 2.30. The van der Waals surface area contributed by atoms with Crippen molar-refractivity contribution in [1.82, 2.24) is 0 Å². The number of hydrogen-bond acceptors (Lipinski definition) is 5. The molecule has 0 saturated carbocycles. The van der Waals surface area contributed by atoms with E-state index in [1.54, 1.807) is 12.2 Å². The third-order valence-electron chi connectivity index (χ3n) is 5.56. The average Bonchev–Trinajstić information content (AvgIpc) is 2.96. The molecule has 0 heterocycles. The van der Waals surface area contributed by atoms with Gasteiger partial charge in [-0.05, 0) is 22.8 Å². The summed E-state index contributed by atoms with van der Waals surface area (Å²) in [5.74, 6) is -0.474. The van der Waals surface area contributed by atoms with E-state index < -0.39 is 24.3 Å².